The molecule has 0 spiro atoms. The molecule has 2 aromatic carbocycles. The summed E-state index contributed by atoms with van der Waals surface area (Å²) in [5.74, 6) is 2.03. The first-order valence-corrected chi connectivity index (χ1v) is 27.0. The van der Waals surface area contributed by atoms with E-state index in [0.717, 1.165) is 81.7 Å². The second-order valence-electron chi connectivity index (χ2n) is 19.3. The summed E-state index contributed by atoms with van der Waals surface area (Å²) in [5.41, 5.74) is 2.67. The highest BCUT2D eigenvalue weighted by Crippen LogP contribution is 2.37. The molecule has 25 heteroatoms. The third-order valence-electron chi connectivity index (χ3n) is 13.9. The van der Waals surface area contributed by atoms with Gasteiger partial charge >= 0.3 is 0 Å². The zero-order valence-electron chi connectivity index (χ0n) is 48.3. The Hall–Kier alpha value is -7.84. The number of ether oxygens (including phenoxy) is 5. The van der Waals surface area contributed by atoms with Crippen molar-refractivity contribution in [3.63, 3.8) is 0 Å². The van der Waals surface area contributed by atoms with Crippen molar-refractivity contribution in [2.24, 2.45) is 7.05 Å². The molecule has 6 aromatic rings. The van der Waals surface area contributed by atoms with Crippen molar-refractivity contribution >= 4 is 57.8 Å². The maximum atomic E-state index is 13.9. The number of carbonyl (C=O) groups is 2. The summed E-state index contributed by atoms with van der Waals surface area (Å²) in [6.45, 7) is 9.27. The number of piperidine rings is 1. The average molecular weight is 1110 g/mol. The largest absolute Gasteiger partial charge is 0.494 e. The van der Waals surface area contributed by atoms with Crippen molar-refractivity contribution in [2.75, 3.05) is 170 Å². The molecule has 0 unspecified atom stereocenters. The topological polar surface area (TPSA) is 240 Å². The minimum atomic E-state index is -2.77. The Balaban J connectivity index is 0.598. The van der Waals surface area contributed by atoms with Gasteiger partial charge in [0.15, 0.2) is 23.1 Å². The number of aromatic nitrogens is 8. The van der Waals surface area contributed by atoms with Gasteiger partial charge in [0, 0.05) is 114 Å². The van der Waals surface area contributed by atoms with Gasteiger partial charge in [-0.3, -0.25) is 19.2 Å². The molecule has 3 aliphatic heterocycles. The van der Waals surface area contributed by atoms with Gasteiger partial charge in [-0.2, -0.15) is 5.10 Å². The average Bonchev–Trinajstić information content (AvgIpc) is 3.93. The number of methoxy groups -OCH3 is 1. The van der Waals surface area contributed by atoms with Crippen molar-refractivity contribution in [3.8, 4) is 17.1 Å². The summed E-state index contributed by atoms with van der Waals surface area (Å²) < 4.78 is 66.7. The molecule has 3 aliphatic rings. The van der Waals surface area contributed by atoms with Gasteiger partial charge in [-0.05, 0) is 55.3 Å². The molecule has 1 atom stereocenters. The summed E-state index contributed by atoms with van der Waals surface area (Å²) in [4.78, 5) is 55.0. The monoisotopic (exact) mass is 1100 g/mol. The maximum absolute atomic E-state index is 13.9. The van der Waals surface area contributed by atoms with Crippen molar-refractivity contribution < 1.29 is 41.8 Å². The quantitative estimate of drug-likeness (QED) is 0.0521. The van der Waals surface area contributed by atoms with Crippen LogP contribution in [0.1, 0.15) is 33.9 Å². The van der Waals surface area contributed by atoms with E-state index in [1.165, 1.54) is 19.2 Å². The van der Waals surface area contributed by atoms with Crippen LogP contribution in [0.5, 0.6) is 5.75 Å². The smallest absolute Gasteiger partial charge is 0.273 e. The number of rotatable bonds is 27. The van der Waals surface area contributed by atoms with Crippen LogP contribution in [0.2, 0.25) is 0 Å². The Bertz CT molecular complexity index is 3040. The van der Waals surface area contributed by atoms with Crippen LogP contribution in [-0.2, 0) is 30.8 Å². The van der Waals surface area contributed by atoms with Crippen molar-refractivity contribution in [3.05, 3.63) is 97.1 Å². The van der Waals surface area contributed by atoms with Crippen LogP contribution in [0.25, 0.3) is 11.4 Å². The van der Waals surface area contributed by atoms with E-state index in [-0.39, 0.29) is 41.4 Å². The van der Waals surface area contributed by atoms with E-state index in [1.54, 1.807) is 67.0 Å². The SMILES string of the molecule is [2H]C([2H])([2H])NC(=O)c1nnc(Nc2ccc(N3CCN(C(=O)CCOCCOCCOCCOCCN4CCN(c5cc(N[C@@H]6CCCN(c7cccc(F)c7)C6)ncn5)CC4)CC3)cn2)cc1Nc1cccc(-c2ncn(C)n2)c1OC. The first-order chi connectivity index (χ1) is 40.3. The molecule has 0 radical (unpaired) electrons. The molecule has 0 saturated carbocycles. The molecule has 80 heavy (non-hydrogen) atoms. The van der Waals surface area contributed by atoms with E-state index in [4.69, 9.17) is 27.8 Å². The molecule has 2 amide bonds. The molecule has 4 N–H and O–H groups in total. The lowest BCUT2D eigenvalue weighted by molar-refractivity contribution is -0.132. The van der Waals surface area contributed by atoms with Gasteiger partial charge in [0.2, 0.25) is 5.91 Å². The number of piperazine rings is 2. The number of hydrogen-bond donors (Lipinski definition) is 4. The van der Waals surface area contributed by atoms with Gasteiger partial charge in [-0.1, -0.05) is 12.1 Å². The number of anilines is 8. The normalized spacial score (nSPS) is 16.6. The Morgan fingerprint density at radius 2 is 1.48 bits per heavy atom. The molecule has 3 fully saturated rings. The summed E-state index contributed by atoms with van der Waals surface area (Å²) in [6, 6.07) is 19.5. The van der Waals surface area contributed by atoms with Crippen LogP contribution in [0.15, 0.2) is 85.6 Å². The van der Waals surface area contributed by atoms with Crippen LogP contribution in [0, 0.1) is 5.82 Å². The number of aryl methyl sites for hydroxylation is 1. The molecule has 426 valence electrons. The lowest BCUT2D eigenvalue weighted by Crippen LogP contribution is -2.49. The zero-order chi connectivity index (χ0) is 58.0. The van der Waals surface area contributed by atoms with Crippen LogP contribution in [-0.4, -0.2) is 207 Å². The Morgan fingerprint density at radius 1 is 0.713 bits per heavy atom. The molecule has 0 aliphatic carbocycles. The number of halogens is 1. The fraction of sp³-hybridized carbons (Fsp3) is 0.473. The number of pyridine rings is 1. The third-order valence-corrected chi connectivity index (χ3v) is 13.9. The van der Waals surface area contributed by atoms with E-state index in [0.29, 0.717) is 108 Å². The number of para-hydroxylation sites is 1. The zero-order valence-corrected chi connectivity index (χ0v) is 45.3. The maximum Gasteiger partial charge on any atom is 0.273 e. The molecule has 3 saturated heterocycles. The summed E-state index contributed by atoms with van der Waals surface area (Å²) in [7, 11) is 3.24. The Kier molecular flexibility index (Phi) is 19.1. The fourth-order valence-electron chi connectivity index (χ4n) is 9.69. The van der Waals surface area contributed by atoms with Gasteiger partial charge < -0.3 is 64.6 Å². The Labute approximate surface area is 469 Å². The predicted molar refractivity (Wildman–Crippen MR) is 302 cm³/mol. The van der Waals surface area contributed by atoms with Gasteiger partial charge in [-0.25, -0.2) is 24.3 Å². The second-order valence-corrected chi connectivity index (χ2v) is 19.3. The Morgan fingerprint density at radius 3 is 2.20 bits per heavy atom. The summed E-state index contributed by atoms with van der Waals surface area (Å²) >= 11 is 0. The molecule has 24 nitrogen and oxygen atoms in total. The predicted octanol–water partition coefficient (Wildman–Crippen LogP) is 4.46. The molecular formula is C55H72FN17O7. The number of nitrogens with zero attached hydrogens (tertiary/aromatic N) is 13. The van der Waals surface area contributed by atoms with Gasteiger partial charge in [0.25, 0.3) is 5.91 Å². The molecular weight excluding hydrogens is 1030 g/mol. The lowest BCUT2D eigenvalue weighted by Gasteiger charge is -2.36. The summed E-state index contributed by atoms with van der Waals surface area (Å²) in [5, 5.41) is 24.4. The third kappa shape index (κ3) is 15.9. The molecule has 4 aromatic heterocycles. The molecule has 7 heterocycles. The highest BCUT2D eigenvalue weighted by Gasteiger charge is 2.25. The second kappa shape index (κ2) is 28.9. The molecule has 0 bridgehead atoms. The highest BCUT2D eigenvalue weighted by molar-refractivity contribution is 5.99. The van der Waals surface area contributed by atoms with Crippen LogP contribution < -0.4 is 40.7 Å². The summed E-state index contributed by atoms with van der Waals surface area (Å²) in [6.07, 6.45) is 7.22. The number of amides is 2. The van der Waals surface area contributed by atoms with Crippen molar-refractivity contribution in [1.29, 1.82) is 0 Å². The van der Waals surface area contributed by atoms with E-state index < -0.39 is 12.9 Å². The number of nitrogens with one attached hydrogen (secondary N) is 4. The molecule has 9 rings (SSSR count). The van der Waals surface area contributed by atoms with E-state index in [9.17, 15) is 14.0 Å². The van der Waals surface area contributed by atoms with Gasteiger partial charge in [0.1, 0.15) is 35.9 Å². The number of hydrogen-bond acceptors (Lipinski definition) is 21. The van der Waals surface area contributed by atoms with Gasteiger partial charge in [0.05, 0.1) is 95.2 Å². The van der Waals surface area contributed by atoms with Crippen LogP contribution >= 0.6 is 0 Å². The lowest BCUT2D eigenvalue weighted by atomic mass is 10.0. The van der Waals surface area contributed by atoms with Crippen LogP contribution in [0.3, 0.4) is 0 Å². The van der Waals surface area contributed by atoms with Crippen LogP contribution in [0.4, 0.5) is 50.4 Å². The standard InChI is InChI=1S/C55H72FN17O7/c1-57-55(75)52-46(63-45-11-5-10-44(53(45)76-3)54-61-39-68(2)67-54)34-49(65-66-52)64-47-13-12-43(36-58-47)70-20-22-72(23-21-70)51(74)14-25-77-27-29-79-31-32-80-30-28-78-26-24-69-16-18-71(19-17-69)50-35-48(59-38-60-50)62-41-8-6-15-73(37-41)42-9-4-7-40(56)33-42/h4-5,7,9-13,33-36,38-39,41H,6,8,14-32,37H2,1-3H3,(H,57,75)(H,59,60,62)(H2,58,63,64,65)/t41-/m1/s1/i1D3. The van der Waals surface area contributed by atoms with E-state index >= 15 is 0 Å². The van der Waals surface area contributed by atoms with E-state index in [1.807, 2.05) is 28.4 Å². The highest BCUT2D eigenvalue weighted by atomic mass is 19.1. The number of benzene rings is 2. The minimum absolute atomic E-state index is 0.0316. The first-order valence-electron chi connectivity index (χ1n) is 28.5. The fourth-order valence-corrected chi connectivity index (χ4v) is 9.69. The minimum Gasteiger partial charge on any atom is -0.494 e. The first kappa shape index (κ1) is 52.8. The van der Waals surface area contributed by atoms with E-state index in [2.05, 4.69) is 70.8 Å². The van der Waals surface area contributed by atoms with Crippen molar-refractivity contribution in [1.82, 2.24) is 55.0 Å². The van der Waals surface area contributed by atoms with Gasteiger partial charge in [-0.15, -0.1) is 10.2 Å². The number of carbonyl (C=O) groups excluding carboxylic acids is 2. The van der Waals surface area contributed by atoms with Crippen molar-refractivity contribution in [2.45, 2.75) is 25.3 Å².